The summed E-state index contributed by atoms with van der Waals surface area (Å²) in [4.78, 5) is 34.0. The van der Waals surface area contributed by atoms with Gasteiger partial charge >= 0.3 is 0 Å². The Labute approximate surface area is 219 Å². The lowest BCUT2D eigenvalue weighted by atomic mass is 10.0. The highest BCUT2D eigenvalue weighted by Gasteiger charge is 2.47. The van der Waals surface area contributed by atoms with Gasteiger partial charge in [-0.1, -0.05) is 29.5 Å². The van der Waals surface area contributed by atoms with Crippen molar-refractivity contribution in [2.75, 3.05) is 19.1 Å². The third-order valence-corrected chi connectivity index (χ3v) is 8.26. The molecule has 5 aromatic rings. The van der Waals surface area contributed by atoms with Crippen molar-refractivity contribution in [2.24, 2.45) is 0 Å². The second kappa shape index (κ2) is 8.75. The Hall–Kier alpha value is -4.15. The van der Waals surface area contributed by atoms with Crippen LogP contribution in [0.25, 0.3) is 21.2 Å². The molecular formula is C27H20N2O6S2. The zero-order valence-electron chi connectivity index (χ0n) is 20.0. The van der Waals surface area contributed by atoms with Crippen LogP contribution in [-0.4, -0.2) is 36.0 Å². The summed E-state index contributed by atoms with van der Waals surface area (Å²) in [5.74, 6) is -0.705. The minimum Gasteiger partial charge on any atom is -0.503 e. The number of para-hydroxylation sites is 1. The Balaban J connectivity index is 1.48. The summed E-state index contributed by atoms with van der Waals surface area (Å²) in [6.45, 7) is 1.92. The molecule has 3 aromatic heterocycles. The maximum Gasteiger partial charge on any atom is 0.296 e. The van der Waals surface area contributed by atoms with Gasteiger partial charge in [-0.3, -0.25) is 14.5 Å². The van der Waals surface area contributed by atoms with Gasteiger partial charge in [0.25, 0.3) is 5.91 Å². The third kappa shape index (κ3) is 3.59. The van der Waals surface area contributed by atoms with E-state index in [9.17, 15) is 14.7 Å². The summed E-state index contributed by atoms with van der Waals surface area (Å²) in [5, 5.41) is 13.9. The quantitative estimate of drug-likeness (QED) is 0.259. The van der Waals surface area contributed by atoms with Crippen LogP contribution in [0.1, 0.15) is 27.0 Å². The zero-order valence-corrected chi connectivity index (χ0v) is 21.6. The second-order valence-corrected chi connectivity index (χ2v) is 10.4. The van der Waals surface area contributed by atoms with E-state index in [0.717, 1.165) is 10.3 Å². The lowest BCUT2D eigenvalue weighted by molar-refractivity contribution is -0.117. The number of amides is 1. The lowest BCUT2D eigenvalue weighted by Crippen LogP contribution is -2.30. The Bertz CT molecular complexity index is 1730. The van der Waals surface area contributed by atoms with Crippen LogP contribution in [0, 0.1) is 6.92 Å². The van der Waals surface area contributed by atoms with Crippen molar-refractivity contribution in [3.05, 3.63) is 81.4 Å². The van der Waals surface area contributed by atoms with Crippen LogP contribution >= 0.6 is 22.7 Å². The number of hydrogen-bond donors (Lipinski definition) is 1. The number of aliphatic hydroxyl groups excluding tert-OH is 1. The maximum atomic E-state index is 13.8. The van der Waals surface area contributed by atoms with Crippen LogP contribution in [0.5, 0.6) is 11.5 Å². The fourth-order valence-corrected chi connectivity index (χ4v) is 6.39. The predicted octanol–water partition coefficient (Wildman–Crippen LogP) is 6.21. The highest BCUT2D eigenvalue weighted by atomic mass is 32.1. The molecule has 2 aromatic carbocycles. The number of thiazole rings is 1. The van der Waals surface area contributed by atoms with E-state index >= 15 is 0 Å². The molecule has 0 radical (unpaired) electrons. The number of furan rings is 1. The van der Waals surface area contributed by atoms with Crippen LogP contribution in [0.3, 0.4) is 0 Å². The first-order valence-electron chi connectivity index (χ1n) is 11.3. The molecule has 1 amide bonds. The Morgan fingerprint density at radius 2 is 1.92 bits per heavy atom. The van der Waals surface area contributed by atoms with Crippen molar-refractivity contribution in [1.29, 1.82) is 0 Å². The summed E-state index contributed by atoms with van der Waals surface area (Å²) in [6.07, 6.45) is 0. The van der Waals surface area contributed by atoms with Gasteiger partial charge in [0.15, 0.2) is 28.0 Å². The largest absolute Gasteiger partial charge is 0.503 e. The number of aromatic nitrogens is 1. The maximum absolute atomic E-state index is 13.8. The molecular weight excluding hydrogens is 512 g/mol. The molecule has 1 aliphatic heterocycles. The number of ketones is 1. The van der Waals surface area contributed by atoms with Crippen molar-refractivity contribution in [2.45, 2.75) is 13.0 Å². The first-order valence-corrected chi connectivity index (χ1v) is 13.0. The monoisotopic (exact) mass is 532 g/mol. The van der Waals surface area contributed by atoms with E-state index in [4.69, 9.17) is 13.9 Å². The number of benzene rings is 2. The van der Waals surface area contributed by atoms with E-state index in [2.05, 4.69) is 4.98 Å². The van der Waals surface area contributed by atoms with Gasteiger partial charge in [-0.25, -0.2) is 4.98 Å². The van der Waals surface area contributed by atoms with Gasteiger partial charge in [0.1, 0.15) is 11.8 Å². The Morgan fingerprint density at radius 3 is 2.65 bits per heavy atom. The van der Waals surface area contributed by atoms with Crippen molar-refractivity contribution in [3.8, 4) is 11.5 Å². The molecule has 0 spiro atoms. The summed E-state index contributed by atoms with van der Waals surface area (Å²) >= 11 is 2.67. The molecule has 4 heterocycles. The summed E-state index contributed by atoms with van der Waals surface area (Å²) < 4.78 is 17.5. The first-order chi connectivity index (χ1) is 17.9. The Morgan fingerprint density at radius 1 is 1.11 bits per heavy atom. The standard InChI is InChI=1S/C27H20N2O6S2/c1-13-10-15-20(12-17(13)34-3)37-27(28-15)29-22(19-8-5-9-36-19)21(24(31)26(29)32)23(30)18-11-14-6-4-7-16(33-2)25(14)35-18/h4-12,22,31H,1-3H3. The molecule has 1 aliphatic rings. The van der Waals surface area contributed by atoms with Crippen LogP contribution < -0.4 is 14.4 Å². The number of aryl methyl sites for hydroxylation is 1. The Kier molecular flexibility index (Phi) is 5.50. The number of rotatable bonds is 6. The third-order valence-electron chi connectivity index (χ3n) is 6.32. The van der Waals surface area contributed by atoms with E-state index < -0.39 is 23.5 Å². The predicted molar refractivity (Wildman–Crippen MR) is 142 cm³/mol. The van der Waals surface area contributed by atoms with Gasteiger partial charge in [0.05, 0.1) is 30.0 Å². The number of fused-ring (bicyclic) bond motifs is 2. The van der Waals surface area contributed by atoms with Gasteiger partial charge in [0, 0.05) is 10.3 Å². The van der Waals surface area contributed by atoms with Crippen molar-refractivity contribution >= 4 is 60.7 Å². The lowest BCUT2D eigenvalue weighted by Gasteiger charge is -2.22. The van der Waals surface area contributed by atoms with Crippen molar-refractivity contribution < 1.29 is 28.6 Å². The van der Waals surface area contributed by atoms with E-state index in [0.29, 0.717) is 38.0 Å². The minimum absolute atomic E-state index is 0.00178. The molecule has 10 heteroatoms. The molecule has 8 nitrogen and oxygen atoms in total. The van der Waals surface area contributed by atoms with Gasteiger partial charge in [-0.2, -0.15) is 0 Å². The normalized spacial score (nSPS) is 15.8. The SMILES string of the molecule is COc1cc2sc(N3C(=O)C(O)=C(C(=O)c4cc5cccc(OC)c5o4)C3c3cccs3)nc2cc1C. The molecule has 0 saturated carbocycles. The number of carbonyl (C=O) groups excluding carboxylic acids is 2. The summed E-state index contributed by atoms with van der Waals surface area (Å²) in [7, 11) is 3.11. The molecule has 0 fully saturated rings. The number of ether oxygens (including phenoxy) is 2. The molecule has 6 rings (SSSR count). The van der Waals surface area contributed by atoms with Gasteiger partial charge in [-0.15, -0.1) is 11.3 Å². The van der Waals surface area contributed by atoms with Gasteiger partial charge in [0.2, 0.25) is 5.78 Å². The highest BCUT2D eigenvalue weighted by molar-refractivity contribution is 7.22. The minimum atomic E-state index is -0.862. The highest BCUT2D eigenvalue weighted by Crippen LogP contribution is 2.46. The second-order valence-electron chi connectivity index (χ2n) is 8.46. The van der Waals surface area contributed by atoms with Gasteiger partial charge in [-0.05, 0) is 48.2 Å². The van der Waals surface area contributed by atoms with E-state index in [1.165, 1.54) is 34.7 Å². The first kappa shape index (κ1) is 23.3. The van der Waals surface area contributed by atoms with Crippen molar-refractivity contribution in [3.63, 3.8) is 0 Å². The molecule has 186 valence electrons. The number of thiophene rings is 1. The zero-order chi connectivity index (χ0) is 25.8. The molecule has 0 saturated heterocycles. The van der Waals surface area contributed by atoms with E-state index in [-0.39, 0.29) is 11.3 Å². The number of hydrogen-bond acceptors (Lipinski definition) is 9. The fraction of sp³-hybridized carbons (Fsp3) is 0.148. The number of aliphatic hydroxyl groups is 1. The number of carbonyl (C=O) groups is 2. The summed E-state index contributed by atoms with van der Waals surface area (Å²) in [6, 6.07) is 13.5. The molecule has 1 unspecified atom stereocenters. The van der Waals surface area contributed by atoms with Crippen molar-refractivity contribution in [1.82, 2.24) is 4.98 Å². The van der Waals surface area contributed by atoms with Crippen LogP contribution in [-0.2, 0) is 4.79 Å². The number of nitrogens with zero attached hydrogens (tertiary/aromatic N) is 2. The molecule has 1 N–H and O–H groups in total. The molecule has 0 bridgehead atoms. The molecule has 1 atom stereocenters. The van der Waals surface area contributed by atoms with Crippen LogP contribution in [0.2, 0.25) is 0 Å². The van der Waals surface area contributed by atoms with Crippen LogP contribution in [0.4, 0.5) is 5.13 Å². The fourth-order valence-electron chi connectivity index (χ4n) is 4.56. The average Bonchev–Trinajstić information content (AvgIpc) is 3.68. The topological polar surface area (TPSA) is 102 Å². The molecule has 37 heavy (non-hydrogen) atoms. The number of methoxy groups -OCH3 is 2. The number of Topliss-reactive ketones (excluding diaryl/α,β-unsaturated/α-hetero) is 1. The summed E-state index contributed by atoms with van der Waals surface area (Å²) in [5.41, 5.74) is 1.96. The van der Waals surface area contributed by atoms with E-state index in [1.807, 2.05) is 36.6 Å². The van der Waals surface area contributed by atoms with Gasteiger partial charge < -0.3 is 19.0 Å². The average molecular weight is 533 g/mol. The van der Waals surface area contributed by atoms with Crippen LogP contribution in [0.15, 0.2) is 69.7 Å². The van der Waals surface area contributed by atoms with E-state index in [1.54, 1.807) is 31.4 Å². The smallest absolute Gasteiger partial charge is 0.296 e. The number of anilines is 1. The molecule has 0 aliphatic carbocycles.